The summed E-state index contributed by atoms with van der Waals surface area (Å²) in [5.74, 6) is 1.07. The van der Waals surface area contributed by atoms with Gasteiger partial charge in [-0.05, 0) is 42.0 Å². The number of aromatic nitrogens is 1. The van der Waals surface area contributed by atoms with Crippen LogP contribution in [0, 0.1) is 0 Å². The van der Waals surface area contributed by atoms with Crippen LogP contribution in [0.15, 0.2) is 42.6 Å². The van der Waals surface area contributed by atoms with Crippen LogP contribution >= 0.6 is 0 Å². The number of ether oxygens (including phenoxy) is 1. The molecule has 4 heteroatoms. The second-order valence-electron chi connectivity index (χ2n) is 11.5. The molecule has 4 nitrogen and oxygen atoms in total. The van der Waals surface area contributed by atoms with Crippen molar-refractivity contribution in [2.24, 2.45) is 0 Å². The topological polar surface area (TPSA) is 33.4 Å². The minimum atomic E-state index is -0.0329. The van der Waals surface area contributed by atoms with Gasteiger partial charge in [-0.25, -0.2) is 4.57 Å². The fourth-order valence-electron chi connectivity index (χ4n) is 4.82. The van der Waals surface area contributed by atoms with Gasteiger partial charge in [0.1, 0.15) is 18.8 Å². The molecule has 0 spiro atoms. The average molecular weight is 510 g/mol. The summed E-state index contributed by atoms with van der Waals surface area (Å²) >= 11 is 0. The lowest BCUT2D eigenvalue weighted by Gasteiger charge is -2.25. The molecule has 206 valence electrons. The Kier molecular flexibility index (Phi) is 13.7. The van der Waals surface area contributed by atoms with E-state index in [9.17, 15) is 4.79 Å². The van der Waals surface area contributed by atoms with Crippen molar-refractivity contribution in [1.29, 1.82) is 0 Å². The predicted molar refractivity (Wildman–Crippen MR) is 155 cm³/mol. The minimum absolute atomic E-state index is 0.0329. The minimum Gasteiger partial charge on any atom is -0.493 e. The maximum atomic E-state index is 12.5. The molecule has 1 aromatic heterocycles. The Labute approximate surface area is 227 Å². The third-order valence-electron chi connectivity index (χ3n) is 7.15. The number of hydrogen-bond acceptors (Lipinski definition) is 2. The molecule has 0 aliphatic rings. The first-order chi connectivity index (χ1) is 17.8. The molecule has 1 amide bonds. The second-order valence-corrected chi connectivity index (χ2v) is 11.5. The van der Waals surface area contributed by atoms with E-state index in [2.05, 4.69) is 69.6 Å². The summed E-state index contributed by atoms with van der Waals surface area (Å²) in [6.07, 6.45) is 15.4. The molecule has 0 aliphatic heterocycles. The van der Waals surface area contributed by atoms with Gasteiger partial charge < -0.3 is 9.64 Å². The van der Waals surface area contributed by atoms with Gasteiger partial charge in [-0.1, -0.05) is 97.6 Å². The van der Waals surface area contributed by atoms with Crippen LogP contribution in [0.3, 0.4) is 0 Å². The molecule has 0 aliphatic carbocycles. The van der Waals surface area contributed by atoms with Crippen LogP contribution in [0.2, 0.25) is 0 Å². The number of pyridine rings is 1. The molecule has 0 saturated carbocycles. The molecule has 0 radical (unpaired) electrons. The van der Waals surface area contributed by atoms with E-state index in [1.54, 1.807) is 6.92 Å². The number of nitrogens with zero attached hydrogens (tertiary/aromatic N) is 2. The van der Waals surface area contributed by atoms with Crippen LogP contribution in [0.4, 0.5) is 0 Å². The number of amides is 1. The molecule has 1 heterocycles. The molecule has 0 bridgehead atoms. The van der Waals surface area contributed by atoms with Crippen molar-refractivity contribution >= 4 is 5.91 Å². The Morgan fingerprint density at radius 3 is 2.11 bits per heavy atom. The van der Waals surface area contributed by atoms with E-state index < -0.39 is 0 Å². The predicted octanol–water partition coefficient (Wildman–Crippen LogP) is 8.14. The van der Waals surface area contributed by atoms with Crippen molar-refractivity contribution in [3.63, 3.8) is 0 Å². The van der Waals surface area contributed by atoms with Crippen LogP contribution in [0.25, 0.3) is 0 Å². The normalized spacial score (nSPS) is 11.5. The number of hydrogen-bond donors (Lipinski definition) is 0. The lowest BCUT2D eigenvalue weighted by atomic mass is 9.85. The van der Waals surface area contributed by atoms with E-state index in [4.69, 9.17) is 4.74 Å². The summed E-state index contributed by atoms with van der Waals surface area (Å²) in [6.45, 7) is 15.6. The first-order valence-electron chi connectivity index (χ1n) is 14.7. The summed E-state index contributed by atoms with van der Waals surface area (Å²) in [4.78, 5) is 14.4. The summed E-state index contributed by atoms with van der Waals surface area (Å²) in [6, 6.07) is 12.7. The van der Waals surface area contributed by atoms with Crippen LogP contribution in [-0.2, 0) is 29.8 Å². The highest BCUT2D eigenvalue weighted by molar-refractivity contribution is 5.73. The molecule has 0 saturated heterocycles. The van der Waals surface area contributed by atoms with E-state index in [1.165, 1.54) is 63.4 Å². The molecule has 2 aromatic rings. The van der Waals surface area contributed by atoms with Gasteiger partial charge in [-0.2, -0.15) is 0 Å². The van der Waals surface area contributed by atoms with Crippen LogP contribution in [-0.4, -0.2) is 17.4 Å². The monoisotopic (exact) mass is 509 g/mol. The third kappa shape index (κ3) is 11.3. The Bertz CT molecular complexity index is 932. The van der Waals surface area contributed by atoms with Crippen molar-refractivity contribution in [2.45, 2.75) is 131 Å². The smallest absolute Gasteiger partial charge is 0.220 e. The highest BCUT2D eigenvalue weighted by atomic mass is 16.5. The number of carbonyl (C=O) groups excluding carboxylic acids is 1. The maximum Gasteiger partial charge on any atom is 0.220 e. The van der Waals surface area contributed by atoms with Gasteiger partial charge in [-0.3, -0.25) is 4.79 Å². The molecule has 0 unspecified atom stereocenters. The molecule has 2 rings (SSSR count). The number of rotatable bonds is 17. The van der Waals surface area contributed by atoms with Gasteiger partial charge >= 0.3 is 0 Å². The number of unbranched alkanes of at least 4 members (excludes halogenated alkanes) is 9. The quantitative estimate of drug-likeness (QED) is 0.159. The molecular formula is C33H53N2O2+. The largest absolute Gasteiger partial charge is 0.493 e. The molecule has 0 N–H and O–H groups in total. The van der Waals surface area contributed by atoms with Gasteiger partial charge in [0.25, 0.3) is 0 Å². The lowest BCUT2D eigenvalue weighted by molar-refractivity contribution is -0.701. The molecule has 37 heavy (non-hydrogen) atoms. The zero-order chi connectivity index (χ0) is 27.1. The molecule has 0 fully saturated rings. The lowest BCUT2D eigenvalue weighted by Crippen LogP contribution is -2.40. The zero-order valence-electron chi connectivity index (χ0n) is 24.7. The highest BCUT2D eigenvalue weighted by Crippen LogP contribution is 2.33. The Hall–Kier alpha value is -2.36. The number of carbonyl (C=O) groups is 1. The number of benzene rings is 1. The van der Waals surface area contributed by atoms with Crippen LogP contribution < -0.4 is 9.30 Å². The van der Waals surface area contributed by atoms with Gasteiger partial charge in [-0.15, -0.1) is 0 Å². The Morgan fingerprint density at radius 1 is 0.865 bits per heavy atom. The van der Waals surface area contributed by atoms with Gasteiger partial charge in [0.15, 0.2) is 6.20 Å². The maximum absolute atomic E-state index is 12.5. The third-order valence-corrected chi connectivity index (χ3v) is 7.15. The first-order valence-corrected chi connectivity index (χ1v) is 14.7. The van der Waals surface area contributed by atoms with E-state index in [1.807, 2.05) is 17.0 Å². The Balaban J connectivity index is 1.92. The number of aryl methyl sites for hydroxylation is 1. The summed E-state index contributed by atoms with van der Waals surface area (Å²) < 4.78 is 8.48. The SMILES string of the molecule is CCCCCCCCCCCCOc1ccc(CN(Cc2cccc[n+]2CC)C(C)=O)cc1C(C)(C)C. The van der Waals surface area contributed by atoms with Crippen molar-refractivity contribution < 1.29 is 14.1 Å². The van der Waals surface area contributed by atoms with Crippen LogP contribution in [0.5, 0.6) is 5.75 Å². The van der Waals surface area contributed by atoms with Gasteiger partial charge in [0.05, 0.1) is 6.61 Å². The first kappa shape index (κ1) is 30.9. The summed E-state index contributed by atoms with van der Waals surface area (Å²) in [7, 11) is 0. The molecule has 1 aromatic carbocycles. The fourth-order valence-corrected chi connectivity index (χ4v) is 4.82. The average Bonchev–Trinajstić information content (AvgIpc) is 2.87. The standard InChI is InChI=1S/C33H53N2O2/c1-7-9-10-11-12-13-14-15-16-19-24-37-32-22-21-29(25-31(32)33(4,5)6)26-35(28(3)36)27-30-20-17-18-23-34(30)8-2/h17-18,20-23,25H,7-16,19,24,26-27H2,1-6H3/q+1. The van der Waals surface area contributed by atoms with E-state index in [0.717, 1.165) is 36.6 Å². The summed E-state index contributed by atoms with van der Waals surface area (Å²) in [5.41, 5.74) is 3.47. The molecule has 0 atom stereocenters. The molecular weight excluding hydrogens is 456 g/mol. The van der Waals surface area contributed by atoms with Crippen molar-refractivity contribution in [2.75, 3.05) is 6.61 Å². The highest BCUT2D eigenvalue weighted by Gasteiger charge is 2.22. The fraction of sp³-hybridized carbons (Fsp3) is 0.636. The second kappa shape index (κ2) is 16.5. The van der Waals surface area contributed by atoms with Crippen molar-refractivity contribution in [1.82, 2.24) is 4.90 Å². The van der Waals surface area contributed by atoms with E-state index in [0.29, 0.717) is 13.1 Å². The Morgan fingerprint density at radius 2 is 1.51 bits per heavy atom. The van der Waals surface area contributed by atoms with Crippen LogP contribution in [0.1, 0.15) is 123 Å². The summed E-state index contributed by atoms with van der Waals surface area (Å²) in [5, 5.41) is 0. The van der Waals surface area contributed by atoms with E-state index >= 15 is 0 Å². The van der Waals surface area contributed by atoms with Gasteiger partial charge in [0, 0.05) is 25.6 Å². The van der Waals surface area contributed by atoms with Gasteiger partial charge in [0.2, 0.25) is 11.6 Å². The zero-order valence-corrected chi connectivity index (χ0v) is 24.7. The van der Waals surface area contributed by atoms with E-state index in [-0.39, 0.29) is 11.3 Å². The van der Waals surface area contributed by atoms with Crippen molar-refractivity contribution in [3.8, 4) is 5.75 Å². The van der Waals surface area contributed by atoms with Crippen molar-refractivity contribution in [3.05, 3.63) is 59.4 Å².